The van der Waals surface area contributed by atoms with Gasteiger partial charge < -0.3 is 10.1 Å². The highest BCUT2D eigenvalue weighted by molar-refractivity contribution is 7.92. The molecule has 1 N–H and O–H groups in total. The molecule has 3 atom stereocenters. The van der Waals surface area contributed by atoms with Crippen LogP contribution in [0.1, 0.15) is 56.9 Å². The number of hydrogen-bond acceptors (Lipinski definition) is 5. The Kier molecular flexibility index (Phi) is 6.01. The first-order chi connectivity index (χ1) is 15.1. The van der Waals surface area contributed by atoms with Gasteiger partial charge in [-0.2, -0.15) is 18.4 Å². The molecule has 32 heavy (non-hydrogen) atoms. The Morgan fingerprint density at radius 3 is 2.41 bits per heavy atom. The number of ether oxygens (including phenoxy) is 1. The molecule has 174 valence electrons. The van der Waals surface area contributed by atoms with Gasteiger partial charge in [0.25, 0.3) is 0 Å². The smallest absolute Gasteiger partial charge is 0.374 e. The van der Waals surface area contributed by atoms with E-state index in [4.69, 9.17) is 4.74 Å². The van der Waals surface area contributed by atoms with Gasteiger partial charge in [-0.1, -0.05) is 25.0 Å². The van der Waals surface area contributed by atoms with Crippen LogP contribution in [-0.2, 0) is 25.5 Å². The second kappa shape index (κ2) is 8.34. The van der Waals surface area contributed by atoms with E-state index in [2.05, 4.69) is 11.4 Å². The summed E-state index contributed by atoms with van der Waals surface area (Å²) in [7, 11) is -4.36. The van der Waals surface area contributed by atoms with Crippen LogP contribution in [0.2, 0.25) is 0 Å². The van der Waals surface area contributed by atoms with Gasteiger partial charge >= 0.3 is 6.18 Å². The van der Waals surface area contributed by atoms with Crippen molar-refractivity contribution in [2.24, 2.45) is 5.92 Å². The van der Waals surface area contributed by atoms with E-state index < -0.39 is 55.2 Å². The first-order valence-corrected chi connectivity index (χ1v) is 12.4. The van der Waals surface area contributed by atoms with Gasteiger partial charge in [0.1, 0.15) is 5.54 Å². The second-order valence-electron chi connectivity index (χ2n) is 9.00. The monoisotopic (exact) mass is 470 g/mol. The van der Waals surface area contributed by atoms with Crippen molar-refractivity contribution in [3.8, 4) is 6.07 Å². The number of hydrogen-bond donors (Lipinski definition) is 1. The minimum atomic E-state index is -4.82. The van der Waals surface area contributed by atoms with Crippen LogP contribution in [-0.4, -0.2) is 37.3 Å². The van der Waals surface area contributed by atoms with E-state index in [1.54, 1.807) is 0 Å². The molecule has 0 bridgehead atoms. The quantitative estimate of drug-likeness (QED) is 0.683. The van der Waals surface area contributed by atoms with Crippen molar-refractivity contribution in [1.29, 1.82) is 5.26 Å². The van der Waals surface area contributed by atoms with Gasteiger partial charge in [-0.25, -0.2) is 8.42 Å². The molecule has 1 aromatic rings. The van der Waals surface area contributed by atoms with Crippen molar-refractivity contribution in [2.45, 2.75) is 85.4 Å². The van der Waals surface area contributed by atoms with Crippen LogP contribution in [0.15, 0.2) is 29.2 Å². The highest BCUT2D eigenvalue weighted by Gasteiger charge is 2.51. The Hall–Kier alpha value is -2.12. The maximum atomic E-state index is 13.5. The molecule has 1 amide bonds. The standard InChI is InChI=1S/C22H25F3N2O4S/c23-22(24,25)17-7-3-4-8-19(17)32(29,30)15-11-16(20(28)27-21(13-26)9-10-21)18(12-15)31-14-5-1-2-6-14/h3-4,7-8,14-16,18H,1-2,5-6,9-12H2,(H,27,28). The molecule has 1 aromatic carbocycles. The third-order valence-electron chi connectivity index (χ3n) is 6.73. The van der Waals surface area contributed by atoms with Gasteiger partial charge in [-0.05, 0) is 50.7 Å². The number of nitrogens with zero attached hydrogens (tertiary/aromatic N) is 1. The zero-order valence-corrected chi connectivity index (χ0v) is 18.2. The van der Waals surface area contributed by atoms with E-state index in [-0.39, 0.29) is 18.9 Å². The number of carbonyl (C=O) groups is 1. The third-order valence-corrected chi connectivity index (χ3v) is 8.96. The first-order valence-electron chi connectivity index (χ1n) is 10.8. The number of benzene rings is 1. The molecule has 4 rings (SSSR count). The number of nitriles is 1. The van der Waals surface area contributed by atoms with Crippen LogP contribution in [0.4, 0.5) is 13.2 Å². The highest BCUT2D eigenvalue weighted by atomic mass is 32.2. The molecule has 0 radical (unpaired) electrons. The lowest BCUT2D eigenvalue weighted by Gasteiger charge is -2.24. The van der Waals surface area contributed by atoms with Gasteiger partial charge in [0, 0.05) is 0 Å². The Morgan fingerprint density at radius 2 is 1.81 bits per heavy atom. The van der Waals surface area contributed by atoms with Crippen LogP contribution in [0.5, 0.6) is 0 Å². The zero-order valence-electron chi connectivity index (χ0n) is 17.4. The van der Waals surface area contributed by atoms with E-state index in [0.29, 0.717) is 12.8 Å². The Bertz CT molecular complexity index is 1020. The Morgan fingerprint density at radius 1 is 1.16 bits per heavy atom. The van der Waals surface area contributed by atoms with Crippen molar-refractivity contribution in [1.82, 2.24) is 5.32 Å². The highest BCUT2D eigenvalue weighted by Crippen LogP contribution is 2.42. The largest absolute Gasteiger partial charge is 0.417 e. The second-order valence-corrected chi connectivity index (χ2v) is 11.2. The summed E-state index contributed by atoms with van der Waals surface area (Å²) in [5, 5.41) is 10.8. The van der Waals surface area contributed by atoms with Gasteiger partial charge in [0.05, 0.1) is 39.9 Å². The first kappa shape index (κ1) is 23.1. The molecule has 0 saturated heterocycles. The molecule has 3 saturated carbocycles. The van der Waals surface area contributed by atoms with Crippen molar-refractivity contribution in [3.63, 3.8) is 0 Å². The molecule has 3 fully saturated rings. The maximum absolute atomic E-state index is 13.5. The van der Waals surface area contributed by atoms with Crippen molar-refractivity contribution in [3.05, 3.63) is 29.8 Å². The number of sulfone groups is 1. The number of alkyl halides is 3. The van der Waals surface area contributed by atoms with Gasteiger partial charge in [0.15, 0.2) is 9.84 Å². The molecule has 3 aliphatic rings. The molecule has 0 heterocycles. The van der Waals surface area contributed by atoms with Crippen molar-refractivity contribution >= 4 is 15.7 Å². The fourth-order valence-electron chi connectivity index (χ4n) is 4.75. The minimum Gasteiger partial charge on any atom is -0.374 e. The van der Waals surface area contributed by atoms with E-state index in [0.717, 1.165) is 43.9 Å². The molecule has 0 spiro atoms. The predicted molar refractivity (Wildman–Crippen MR) is 108 cm³/mol. The average Bonchev–Trinajstić information content (AvgIpc) is 3.13. The summed E-state index contributed by atoms with van der Waals surface area (Å²) < 4.78 is 73.0. The van der Waals surface area contributed by atoms with Crippen molar-refractivity contribution in [2.75, 3.05) is 0 Å². The van der Waals surface area contributed by atoms with Gasteiger partial charge in [0.2, 0.25) is 5.91 Å². The topological polar surface area (TPSA) is 96.3 Å². The average molecular weight is 471 g/mol. The lowest BCUT2D eigenvalue weighted by atomic mass is 10.0. The molecule has 3 unspecified atom stereocenters. The summed E-state index contributed by atoms with van der Waals surface area (Å²) in [5.74, 6) is -1.30. The zero-order chi connectivity index (χ0) is 23.1. The summed E-state index contributed by atoms with van der Waals surface area (Å²) in [6.07, 6.45) is -1.20. The number of rotatable bonds is 6. The molecule has 0 aromatic heterocycles. The van der Waals surface area contributed by atoms with Crippen LogP contribution < -0.4 is 5.32 Å². The summed E-state index contributed by atoms with van der Waals surface area (Å²) in [4.78, 5) is 12.2. The number of nitrogens with one attached hydrogen (secondary N) is 1. The summed E-state index contributed by atoms with van der Waals surface area (Å²) >= 11 is 0. The van der Waals surface area contributed by atoms with Crippen LogP contribution >= 0.6 is 0 Å². The molecule has 10 heteroatoms. The molecular weight excluding hydrogens is 445 g/mol. The Labute approximate surface area is 185 Å². The fourth-order valence-corrected chi connectivity index (χ4v) is 6.77. The van der Waals surface area contributed by atoms with E-state index in [1.165, 1.54) is 6.07 Å². The summed E-state index contributed by atoms with van der Waals surface area (Å²) in [5.41, 5.74) is -2.13. The molecule has 0 aliphatic heterocycles. The minimum absolute atomic E-state index is 0.0529. The normalized spacial score (nSPS) is 27.8. The van der Waals surface area contributed by atoms with E-state index in [1.807, 2.05) is 0 Å². The molecular formula is C22H25F3N2O4S. The number of amides is 1. The van der Waals surface area contributed by atoms with E-state index in [9.17, 15) is 31.6 Å². The van der Waals surface area contributed by atoms with Crippen LogP contribution in [0, 0.1) is 17.2 Å². The van der Waals surface area contributed by atoms with Gasteiger partial charge in [-0.3, -0.25) is 4.79 Å². The number of carbonyl (C=O) groups excluding carboxylic acids is 1. The van der Waals surface area contributed by atoms with Gasteiger partial charge in [-0.15, -0.1) is 0 Å². The predicted octanol–water partition coefficient (Wildman–Crippen LogP) is 3.76. The summed E-state index contributed by atoms with van der Waals surface area (Å²) in [6.45, 7) is 0. The Balaban J connectivity index is 1.61. The third kappa shape index (κ3) is 4.50. The number of halogens is 3. The van der Waals surface area contributed by atoms with Crippen molar-refractivity contribution < 1.29 is 31.1 Å². The molecule has 6 nitrogen and oxygen atoms in total. The van der Waals surface area contributed by atoms with Crippen LogP contribution in [0.25, 0.3) is 0 Å². The fraction of sp³-hybridized carbons (Fsp3) is 0.636. The SMILES string of the molecule is N#CC1(NC(=O)C2CC(S(=O)(=O)c3ccccc3C(F)(F)F)CC2OC2CCCC2)CC1. The maximum Gasteiger partial charge on any atom is 0.417 e. The van der Waals surface area contributed by atoms with Crippen LogP contribution in [0.3, 0.4) is 0 Å². The summed E-state index contributed by atoms with van der Waals surface area (Å²) in [6, 6.07) is 6.20. The lowest BCUT2D eigenvalue weighted by Crippen LogP contribution is -2.43. The van der Waals surface area contributed by atoms with E-state index >= 15 is 0 Å². The molecule has 3 aliphatic carbocycles. The lowest BCUT2D eigenvalue weighted by molar-refractivity contribution is -0.140.